The van der Waals surface area contributed by atoms with Gasteiger partial charge in [0.2, 0.25) is 0 Å². The molecule has 3 N–H and O–H groups in total. The number of para-hydroxylation sites is 1. The van der Waals surface area contributed by atoms with Gasteiger partial charge in [0.05, 0.1) is 0 Å². The molecule has 0 aliphatic carbocycles. The minimum atomic E-state index is -0.219. The first-order valence-electron chi connectivity index (χ1n) is 6.50. The Labute approximate surface area is 139 Å². The number of benzene rings is 2. The minimum Gasteiger partial charge on any atom is -0.459 e. The quantitative estimate of drug-likeness (QED) is 0.481. The minimum absolute atomic E-state index is 0.219. The van der Waals surface area contributed by atoms with Crippen molar-refractivity contribution in [2.24, 2.45) is 5.84 Å². The van der Waals surface area contributed by atoms with Crippen molar-refractivity contribution in [1.82, 2.24) is 5.43 Å². The zero-order chi connectivity index (χ0) is 15.0. The highest BCUT2D eigenvalue weighted by molar-refractivity contribution is 9.11. The van der Waals surface area contributed by atoms with Crippen LogP contribution in [0.4, 0.5) is 0 Å². The summed E-state index contributed by atoms with van der Waals surface area (Å²) in [5.74, 6) is 6.56. The summed E-state index contributed by atoms with van der Waals surface area (Å²) in [5, 5.41) is 1.08. The Hall–Kier alpha value is -1.14. The van der Waals surface area contributed by atoms with Crippen LogP contribution in [0.2, 0.25) is 0 Å². The number of hydrogen-bond donors (Lipinski definition) is 2. The Morgan fingerprint density at radius 3 is 2.67 bits per heavy atom. The third kappa shape index (κ3) is 2.79. The van der Waals surface area contributed by atoms with Crippen LogP contribution in [0.1, 0.15) is 22.9 Å². The number of nitrogens with two attached hydrogens (primary N) is 1. The molecule has 0 amide bonds. The van der Waals surface area contributed by atoms with Gasteiger partial charge in [-0.2, -0.15) is 0 Å². The van der Waals surface area contributed by atoms with Crippen LogP contribution in [0.25, 0.3) is 11.0 Å². The van der Waals surface area contributed by atoms with Crippen molar-refractivity contribution in [3.8, 4) is 0 Å². The van der Waals surface area contributed by atoms with Crippen LogP contribution in [0, 0.1) is 6.92 Å². The summed E-state index contributed by atoms with van der Waals surface area (Å²) < 4.78 is 7.99. The average molecular weight is 410 g/mol. The summed E-state index contributed by atoms with van der Waals surface area (Å²) in [6, 6.07) is 13.9. The highest BCUT2D eigenvalue weighted by Crippen LogP contribution is 2.34. The van der Waals surface area contributed by atoms with Gasteiger partial charge in [0.1, 0.15) is 17.4 Å². The van der Waals surface area contributed by atoms with E-state index in [1.165, 1.54) is 0 Å². The smallest absolute Gasteiger partial charge is 0.137 e. The maximum atomic E-state index is 6.02. The summed E-state index contributed by atoms with van der Waals surface area (Å²) in [4.78, 5) is 0. The molecule has 3 nitrogen and oxygen atoms in total. The molecule has 0 aliphatic heterocycles. The molecule has 108 valence electrons. The molecular weight excluding hydrogens is 396 g/mol. The first kappa shape index (κ1) is 14.8. The molecule has 21 heavy (non-hydrogen) atoms. The Morgan fingerprint density at radius 1 is 1.14 bits per heavy atom. The van der Waals surface area contributed by atoms with Crippen molar-refractivity contribution in [1.29, 1.82) is 0 Å². The standard InChI is InChI=1S/C16H14Br2N2O/c1-9-3-2-4-10-7-14(21-16(9)10)15(20-19)12-8-11(17)5-6-13(12)18/h2-8,15,20H,19H2,1H3. The molecule has 3 aromatic rings. The molecule has 0 fully saturated rings. The van der Waals surface area contributed by atoms with Gasteiger partial charge in [-0.25, -0.2) is 5.43 Å². The molecule has 1 aromatic heterocycles. The number of furan rings is 1. The van der Waals surface area contributed by atoms with E-state index in [2.05, 4.69) is 37.3 Å². The van der Waals surface area contributed by atoms with Crippen molar-refractivity contribution >= 4 is 42.8 Å². The number of hydrogen-bond acceptors (Lipinski definition) is 3. The maximum absolute atomic E-state index is 6.02. The predicted molar refractivity (Wildman–Crippen MR) is 92.0 cm³/mol. The van der Waals surface area contributed by atoms with E-state index < -0.39 is 0 Å². The van der Waals surface area contributed by atoms with Crippen molar-refractivity contribution < 1.29 is 4.42 Å². The van der Waals surface area contributed by atoms with Gasteiger partial charge in [-0.15, -0.1) is 0 Å². The zero-order valence-electron chi connectivity index (χ0n) is 11.4. The molecule has 3 rings (SSSR count). The molecule has 1 unspecified atom stereocenters. The number of halogens is 2. The van der Waals surface area contributed by atoms with Crippen molar-refractivity contribution in [2.75, 3.05) is 0 Å². The molecule has 0 aliphatic rings. The third-order valence-corrected chi connectivity index (χ3v) is 4.70. The number of fused-ring (bicyclic) bond motifs is 1. The second kappa shape index (κ2) is 5.93. The maximum Gasteiger partial charge on any atom is 0.137 e. The lowest BCUT2D eigenvalue weighted by atomic mass is 10.0. The molecule has 0 spiro atoms. The summed E-state index contributed by atoms with van der Waals surface area (Å²) in [6.07, 6.45) is 0. The van der Waals surface area contributed by atoms with E-state index in [4.69, 9.17) is 10.3 Å². The Kier molecular flexibility index (Phi) is 4.17. The highest BCUT2D eigenvalue weighted by Gasteiger charge is 2.20. The van der Waals surface area contributed by atoms with Crippen LogP contribution in [-0.4, -0.2) is 0 Å². The lowest BCUT2D eigenvalue weighted by Crippen LogP contribution is -2.28. The predicted octanol–water partition coefficient (Wildman–Crippen LogP) is 4.82. The van der Waals surface area contributed by atoms with E-state index >= 15 is 0 Å². The Morgan fingerprint density at radius 2 is 1.95 bits per heavy atom. The monoisotopic (exact) mass is 408 g/mol. The van der Waals surface area contributed by atoms with Crippen LogP contribution in [0.15, 0.2) is 55.8 Å². The second-order valence-corrected chi connectivity index (χ2v) is 6.68. The molecule has 5 heteroatoms. The fourth-order valence-corrected chi connectivity index (χ4v) is 3.29. The zero-order valence-corrected chi connectivity index (χ0v) is 14.5. The molecule has 0 radical (unpaired) electrons. The normalized spacial score (nSPS) is 12.8. The van der Waals surface area contributed by atoms with Gasteiger partial charge < -0.3 is 4.42 Å². The third-order valence-electron chi connectivity index (χ3n) is 3.48. The summed E-state index contributed by atoms with van der Waals surface area (Å²) in [6.45, 7) is 2.04. The fraction of sp³-hybridized carbons (Fsp3) is 0.125. The molecular formula is C16H14Br2N2O. The first-order valence-corrected chi connectivity index (χ1v) is 8.09. The SMILES string of the molecule is Cc1cccc2cc(C(NN)c3cc(Br)ccc3Br)oc12. The number of hydrazine groups is 1. The van der Waals surface area contributed by atoms with Gasteiger partial charge in [-0.3, -0.25) is 5.84 Å². The van der Waals surface area contributed by atoms with Gasteiger partial charge in [0.15, 0.2) is 0 Å². The number of aryl methyl sites for hydroxylation is 1. The summed E-state index contributed by atoms with van der Waals surface area (Å²) in [5.41, 5.74) is 5.87. The topological polar surface area (TPSA) is 51.2 Å². The number of rotatable bonds is 3. The number of nitrogens with one attached hydrogen (secondary N) is 1. The van der Waals surface area contributed by atoms with Crippen molar-refractivity contribution in [3.05, 3.63) is 68.3 Å². The van der Waals surface area contributed by atoms with E-state index in [0.717, 1.165) is 36.8 Å². The van der Waals surface area contributed by atoms with E-state index in [0.29, 0.717) is 0 Å². The van der Waals surface area contributed by atoms with Gasteiger partial charge in [-0.1, -0.05) is 50.1 Å². The van der Waals surface area contributed by atoms with Gasteiger partial charge in [0, 0.05) is 14.3 Å². The van der Waals surface area contributed by atoms with Crippen LogP contribution in [0.5, 0.6) is 0 Å². The summed E-state index contributed by atoms with van der Waals surface area (Å²) >= 11 is 7.06. The van der Waals surface area contributed by atoms with E-state index in [9.17, 15) is 0 Å². The molecule has 0 bridgehead atoms. The first-order chi connectivity index (χ1) is 10.1. The molecule has 0 saturated heterocycles. The van der Waals surface area contributed by atoms with Gasteiger partial charge >= 0.3 is 0 Å². The molecule has 0 saturated carbocycles. The van der Waals surface area contributed by atoms with Crippen LogP contribution in [0.3, 0.4) is 0 Å². The molecule has 2 aromatic carbocycles. The second-order valence-electron chi connectivity index (χ2n) is 4.91. The van der Waals surface area contributed by atoms with E-state index in [1.54, 1.807) is 0 Å². The lowest BCUT2D eigenvalue weighted by molar-refractivity contribution is 0.475. The molecule has 1 heterocycles. The Bertz CT molecular complexity index is 798. The Balaban J connectivity index is 2.13. The van der Waals surface area contributed by atoms with E-state index in [1.807, 2.05) is 49.4 Å². The van der Waals surface area contributed by atoms with E-state index in [-0.39, 0.29) is 6.04 Å². The van der Waals surface area contributed by atoms with Crippen LogP contribution in [-0.2, 0) is 0 Å². The largest absolute Gasteiger partial charge is 0.459 e. The highest BCUT2D eigenvalue weighted by atomic mass is 79.9. The van der Waals surface area contributed by atoms with Crippen LogP contribution < -0.4 is 11.3 Å². The fourth-order valence-electron chi connectivity index (χ4n) is 2.43. The average Bonchev–Trinajstić information content (AvgIpc) is 2.89. The van der Waals surface area contributed by atoms with Gasteiger partial charge in [0.25, 0.3) is 0 Å². The molecule has 1 atom stereocenters. The van der Waals surface area contributed by atoms with Crippen molar-refractivity contribution in [2.45, 2.75) is 13.0 Å². The van der Waals surface area contributed by atoms with Crippen molar-refractivity contribution in [3.63, 3.8) is 0 Å². The van der Waals surface area contributed by atoms with Crippen LogP contribution >= 0.6 is 31.9 Å². The summed E-state index contributed by atoms with van der Waals surface area (Å²) in [7, 11) is 0. The van der Waals surface area contributed by atoms with Gasteiger partial charge in [-0.05, 0) is 42.3 Å². The lowest BCUT2D eigenvalue weighted by Gasteiger charge is -2.15.